The predicted octanol–water partition coefficient (Wildman–Crippen LogP) is 4.34. The van der Waals surface area contributed by atoms with E-state index < -0.39 is 0 Å². The summed E-state index contributed by atoms with van der Waals surface area (Å²) in [4.78, 5) is 21.8. The van der Waals surface area contributed by atoms with E-state index in [0.717, 1.165) is 65.9 Å². The number of piperazine rings is 1. The van der Waals surface area contributed by atoms with Gasteiger partial charge in [0.1, 0.15) is 5.75 Å². The number of aryl methyl sites for hydroxylation is 1. The molecule has 0 bridgehead atoms. The molecule has 1 amide bonds. The van der Waals surface area contributed by atoms with Gasteiger partial charge in [0.05, 0.1) is 17.8 Å². The fraction of sp³-hybridized carbons (Fsp3) is 0.304. The molecule has 6 heteroatoms. The highest BCUT2D eigenvalue weighted by Crippen LogP contribution is 2.24. The van der Waals surface area contributed by atoms with E-state index in [2.05, 4.69) is 34.3 Å². The van der Waals surface area contributed by atoms with Crippen LogP contribution in [0.5, 0.6) is 5.75 Å². The molecule has 1 fully saturated rings. The van der Waals surface area contributed by atoms with Crippen LogP contribution < -0.4 is 9.64 Å². The van der Waals surface area contributed by atoms with Crippen molar-refractivity contribution in [2.75, 3.05) is 38.2 Å². The normalized spacial score (nSPS) is 14.1. The summed E-state index contributed by atoms with van der Waals surface area (Å²) in [6.45, 7) is 5.21. The van der Waals surface area contributed by atoms with Crippen molar-refractivity contribution >= 4 is 22.9 Å². The second-order valence-electron chi connectivity index (χ2n) is 7.03. The summed E-state index contributed by atoms with van der Waals surface area (Å²) in [6, 6.07) is 15.9. The third-order valence-electron chi connectivity index (χ3n) is 5.29. The van der Waals surface area contributed by atoms with Gasteiger partial charge in [-0.25, -0.2) is 4.98 Å². The number of aromatic nitrogens is 1. The first-order valence-corrected chi connectivity index (χ1v) is 10.8. The number of anilines is 1. The van der Waals surface area contributed by atoms with Crippen molar-refractivity contribution in [3.8, 4) is 17.0 Å². The van der Waals surface area contributed by atoms with Crippen LogP contribution in [0.1, 0.15) is 22.3 Å². The zero-order valence-corrected chi connectivity index (χ0v) is 17.6. The van der Waals surface area contributed by atoms with Crippen LogP contribution in [0.25, 0.3) is 11.3 Å². The summed E-state index contributed by atoms with van der Waals surface area (Å²) in [6.07, 6.45) is 0.948. The van der Waals surface area contributed by atoms with Gasteiger partial charge < -0.3 is 14.5 Å². The first-order chi connectivity index (χ1) is 14.2. The van der Waals surface area contributed by atoms with Crippen molar-refractivity contribution in [2.24, 2.45) is 0 Å². The lowest BCUT2D eigenvalue weighted by molar-refractivity contribution is 0.0747. The average molecular weight is 408 g/mol. The molecule has 5 nitrogen and oxygen atoms in total. The quantitative estimate of drug-likeness (QED) is 0.631. The molecule has 29 heavy (non-hydrogen) atoms. The lowest BCUT2D eigenvalue weighted by atomic mass is 10.1. The molecule has 1 saturated heterocycles. The predicted molar refractivity (Wildman–Crippen MR) is 118 cm³/mol. The fourth-order valence-electron chi connectivity index (χ4n) is 3.53. The Bertz CT molecular complexity index is 959. The molecule has 0 spiro atoms. The van der Waals surface area contributed by atoms with Crippen molar-refractivity contribution in [3.63, 3.8) is 0 Å². The van der Waals surface area contributed by atoms with Crippen LogP contribution in [0.2, 0.25) is 0 Å². The van der Waals surface area contributed by atoms with Gasteiger partial charge in [-0.15, -0.1) is 11.3 Å². The molecule has 1 aliphatic heterocycles. The SMILES string of the molecule is CCc1nc(-c2ccc(C(=O)N3CCN(c4ccc(OC)cc4)CC3)cc2)cs1. The summed E-state index contributed by atoms with van der Waals surface area (Å²) >= 11 is 1.68. The second kappa shape index (κ2) is 8.66. The first-order valence-electron chi connectivity index (χ1n) is 9.91. The smallest absolute Gasteiger partial charge is 0.253 e. The van der Waals surface area contributed by atoms with E-state index in [1.54, 1.807) is 18.4 Å². The van der Waals surface area contributed by atoms with Crippen molar-refractivity contribution < 1.29 is 9.53 Å². The molecule has 2 aromatic carbocycles. The van der Waals surface area contributed by atoms with Crippen molar-refractivity contribution in [2.45, 2.75) is 13.3 Å². The zero-order chi connectivity index (χ0) is 20.2. The van der Waals surface area contributed by atoms with Crippen LogP contribution >= 0.6 is 11.3 Å². The van der Waals surface area contributed by atoms with Gasteiger partial charge in [-0.3, -0.25) is 4.79 Å². The summed E-state index contributed by atoms with van der Waals surface area (Å²) in [7, 11) is 1.67. The number of carbonyl (C=O) groups excluding carboxylic acids is 1. The molecule has 0 atom stereocenters. The second-order valence-corrected chi connectivity index (χ2v) is 7.98. The van der Waals surface area contributed by atoms with E-state index in [-0.39, 0.29) is 5.91 Å². The Labute approximate surface area is 175 Å². The molecular formula is C23H25N3O2S. The number of nitrogens with zero attached hydrogens (tertiary/aromatic N) is 3. The van der Waals surface area contributed by atoms with Gasteiger partial charge in [0.25, 0.3) is 5.91 Å². The Morgan fingerprint density at radius 1 is 1.03 bits per heavy atom. The van der Waals surface area contributed by atoms with E-state index in [1.807, 2.05) is 41.3 Å². The molecule has 4 rings (SSSR count). The van der Waals surface area contributed by atoms with E-state index >= 15 is 0 Å². The maximum Gasteiger partial charge on any atom is 0.253 e. The summed E-state index contributed by atoms with van der Waals surface area (Å²) in [5, 5.41) is 3.21. The molecule has 0 radical (unpaired) electrons. The van der Waals surface area contributed by atoms with Gasteiger partial charge in [-0.05, 0) is 42.8 Å². The largest absolute Gasteiger partial charge is 0.497 e. The zero-order valence-electron chi connectivity index (χ0n) is 16.8. The minimum absolute atomic E-state index is 0.0958. The number of ether oxygens (including phenoxy) is 1. The summed E-state index contributed by atoms with van der Waals surface area (Å²) < 4.78 is 5.22. The van der Waals surface area contributed by atoms with Crippen molar-refractivity contribution in [3.05, 3.63) is 64.5 Å². The molecule has 1 aliphatic rings. The Balaban J connectivity index is 1.37. The standard InChI is InChI=1S/C23H25N3O2S/c1-3-22-24-21(16-29-22)17-4-6-18(7-5-17)23(27)26-14-12-25(13-15-26)19-8-10-20(28-2)11-9-19/h4-11,16H,3,12-15H2,1-2H3. The van der Waals surface area contributed by atoms with Gasteiger partial charge in [-0.2, -0.15) is 0 Å². The highest BCUT2D eigenvalue weighted by molar-refractivity contribution is 7.09. The van der Waals surface area contributed by atoms with Gasteiger partial charge in [0.2, 0.25) is 0 Å². The highest BCUT2D eigenvalue weighted by atomic mass is 32.1. The lowest BCUT2D eigenvalue weighted by Gasteiger charge is -2.36. The third kappa shape index (κ3) is 4.27. The summed E-state index contributed by atoms with van der Waals surface area (Å²) in [5.74, 6) is 0.952. The van der Waals surface area contributed by atoms with E-state index in [4.69, 9.17) is 4.74 Å². The maximum absolute atomic E-state index is 12.9. The van der Waals surface area contributed by atoms with Crippen LogP contribution in [0.3, 0.4) is 0 Å². The van der Waals surface area contributed by atoms with E-state index in [0.29, 0.717) is 0 Å². The number of benzene rings is 2. The van der Waals surface area contributed by atoms with Gasteiger partial charge in [-0.1, -0.05) is 19.1 Å². The van der Waals surface area contributed by atoms with Gasteiger partial charge >= 0.3 is 0 Å². The minimum atomic E-state index is 0.0958. The fourth-order valence-corrected chi connectivity index (χ4v) is 4.29. The molecule has 2 heterocycles. The highest BCUT2D eigenvalue weighted by Gasteiger charge is 2.22. The van der Waals surface area contributed by atoms with Crippen LogP contribution in [-0.2, 0) is 6.42 Å². The molecule has 0 aliphatic carbocycles. The number of methoxy groups -OCH3 is 1. The topological polar surface area (TPSA) is 45.7 Å². The number of amides is 1. The Hall–Kier alpha value is -2.86. The number of thiazole rings is 1. The number of carbonyl (C=O) groups is 1. The number of rotatable bonds is 5. The molecule has 0 saturated carbocycles. The number of hydrogen-bond donors (Lipinski definition) is 0. The number of hydrogen-bond acceptors (Lipinski definition) is 5. The Morgan fingerprint density at radius 3 is 2.31 bits per heavy atom. The van der Waals surface area contributed by atoms with E-state index in [9.17, 15) is 4.79 Å². The van der Waals surface area contributed by atoms with Crippen LogP contribution in [-0.4, -0.2) is 49.1 Å². The maximum atomic E-state index is 12.9. The molecular weight excluding hydrogens is 382 g/mol. The summed E-state index contributed by atoms with van der Waals surface area (Å²) in [5.41, 5.74) is 3.94. The Kier molecular flexibility index (Phi) is 5.81. The Morgan fingerprint density at radius 2 is 1.72 bits per heavy atom. The van der Waals surface area contributed by atoms with E-state index in [1.165, 1.54) is 0 Å². The molecule has 1 aromatic heterocycles. The van der Waals surface area contributed by atoms with Crippen molar-refractivity contribution in [1.82, 2.24) is 9.88 Å². The molecule has 3 aromatic rings. The monoisotopic (exact) mass is 407 g/mol. The molecule has 0 unspecified atom stereocenters. The molecule has 150 valence electrons. The third-order valence-corrected chi connectivity index (χ3v) is 6.28. The van der Waals surface area contributed by atoms with Crippen LogP contribution in [0.4, 0.5) is 5.69 Å². The van der Waals surface area contributed by atoms with Crippen LogP contribution in [0.15, 0.2) is 53.9 Å². The van der Waals surface area contributed by atoms with Gasteiger partial charge in [0.15, 0.2) is 0 Å². The minimum Gasteiger partial charge on any atom is -0.497 e. The average Bonchev–Trinajstić information content (AvgIpc) is 3.28. The lowest BCUT2D eigenvalue weighted by Crippen LogP contribution is -2.48. The van der Waals surface area contributed by atoms with Crippen molar-refractivity contribution in [1.29, 1.82) is 0 Å². The first kappa shape index (κ1) is 19.5. The van der Waals surface area contributed by atoms with Crippen LogP contribution in [0, 0.1) is 0 Å². The molecule has 0 N–H and O–H groups in total. The van der Waals surface area contributed by atoms with Gasteiger partial charge in [0, 0.05) is 48.4 Å².